The van der Waals surface area contributed by atoms with Gasteiger partial charge in [0.05, 0.1) is 35.8 Å². The van der Waals surface area contributed by atoms with Crippen molar-refractivity contribution in [3.05, 3.63) is 70.9 Å². The third-order valence-electron chi connectivity index (χ3n) is 6.39. The average Bonchev–Trinajstić information content (AvgIpc) is 3.51. The summed E-state index contributed by atoms with van der Waals surface area (Å²) in [6.45, 7) is 2.06. The third kappa shape index (κ3) is 4.22. The second-order valence-electron chi connectivity index (χ2n) is 8.74. The zero-order valence-electron chi connectivity index (χ0n) is 19.1. The van der Waals surface area contributed by atoms with Crippen LogP contribution in [-0.4, -0.2) is 35.1 Å². The SMILES string of the molecule is Cc1c(C#N)cccc1-c1nc(N)c(F)c(-c2cn(Cc3cccc(C4(O)CCCC4)n3)nn2)n1. The number of nitriles is 1. The number of nitrogens with zero attached hydrogens (tertiary/aromatic N) is 7. The van der Waals surface area contributed by atoms with Crippen LogP contribution in [0.15, 0.2) is 42.6 Å². The Hall–Kier alpha value is -4.23. The Balaban J connectivity index is 1.46. The number of pyridine rings is 1. The number of hydrogen-bond donors (Lipinski definition) is 2. The van der Waals surface area contributed by atoms with Gasteiger partial charge in [-0.1, -0.05) is 36.3 Å². The second-order valence-corrected chi connectivity index (χ2v) is 8.74. The lowest BCUT2D eigenvalue weighted by Gasteiger charge is -2.21. The third-order valence-corrected chi connectivity index (χ3v) is 6.39. The van der Waals surface area contributed by atoms with Gasteiger partial charge in [-0.05, 0) is 43.5 Å². The maximum absolute atomic E-state index is 14.9. The highest BCUT2D eigenvalue weighted by atomic mass is 19.1. The van der Waals surface area contributed by atoms with Crippen molar-refractivity contribution in [1.82, 2.24) is 29.9 Å². The van der Waals surface area contributed by atoms with Gasteiger partial charge >= 0.3 is 0 Å². The molecule has 0 spiro atoms. The van der Waals surface area contributed by atoms with Crippen LogP contribution < -0.4 is 5.73 Å². The topological polar surface area (TPSA) is 139 Å². The van der Waals surface area contributed by atoms with E-state index in [2.05, 4.69) is 31.3 Å². The normalized spacial score (nSPS) is 14.7. The zero-order chi connectivity index (χ0) is 24.6. The molecule has 1 saturated carbocycles. The maximum atomic E-state index is 14.9. The molecule has 3 heterocycles. The summed E-state index contributed by atoms with van der Waals surface area (Å²) < 4.78 is 16.4. The first-order valence-corrected chi connectivity index (χ1v) is 11.3. The molecule has 3 N–H and O–H groups in total. The van der Waals surface area contributed by atoms with Gasteiger partial charge in [0, 0.05) is 5.56 Å². The molecule has 1 fully saturated rings. The largest absolute Gasteiger partial charge is 0.384 e. The molecule has 0 atom stereocenters. The summed E-state index contributed by atoms with van der Waals surface area (Å²) in [6.07, 6.45) is 4.91. The molecule has 3 aromatic heterocycles. The fourth-order valence-electron chi connectivity index (χ4n) is 4.45. The van der Waals surface area contributed by atoms with E-state index in [0.717, 1.165) is 12.8 Å². The second kappa shape index (κ2) is 8.85. The van der Waals surface area contributed by atoms with Gasteiger partial charge in [-0.15, -0.1) is 5.10 Å². The van der Waals surface area contributed by atoms with Crippen molar-refractivity contribution in [3.63, 3.8) is 0 Å². The lowest BCUT2D eigenvalue weighted by atomic mass is 9.97. The molecule has 0 unspecified atom stereocenters. The first-order valence-electron chi connectivity index (χ1n) is 11.3. The number of anilines is 1. The minimum absolute atomic E-state index is 0.0810. The summed E-state index contributed by atoms with van der Waals surface area (Å²) in [5.74, 6) is -0.916. The molecular weight excluding hydrogens is 447 g/mol. The van der Waals surface area contributed by atoms with Crippen molar-refractivity contribution in [2.45, 2.75) is 44.8 Å². The smallest absolute Gasteiger partial charge is 0.193 e. The average molecular weight is 471 g/mol. The number of nitrogens with two attached hydrogens (primary N) is 1. The van der Waals surface area contributed by atoms with Crippen molar-refractivity contribution < 1.29 is 9.50 Å². The van der Waals surface area contributed by atoms with E-state index < -0.39 is 11.4 Å². The quantitative estimate of drug-likeness (QED) is 0.452. The van der Waals surface area contributed by atoms with Gasteiger partial charge < -0.3 is 10.8 Å². The Morgan fingerprint density at radius 3 is 2.69 bits per heavy atom. The summed E-state index contributed by atoms with van der Waals surface area (Å²) in [5.41, 5.74) is 8.16. The van der Waals surface area contributed by atoms with Crippen LogP contribution in [0.3, 0.4) is 0 Å². The molecule has 4 aromatic rings. The van der Waals surface area contributed by atoms with Crippen molar-refractivity contribution >= 4 is 5.82 Å². The monoisotopic (exact) mass is 470 g/mol. The van der Waals surface area contributed by atoms with E-state index in [-0.39, 0.29) is 29.6 Å². The molecule has 1 aliphatic carbocycles. The number of aromatic nitrogens is 6. The Morgan fingerprint density at radius 1 is 1.14 bits per heavy atom. The van der Waals surface area contributed by atoms with Gasteiger partial charge in [-0.2, -0.15) is 5.26 Å². The molecule has 0 bridgehead atoms. The molecule has 0 radical (unpaired) electrons. The van der Waals surface area contributed by atoms with Crippen LogP contribution in [-0.2, 0) is 12.1 Å². The highest BCUT2D eigenvalue weighted by molar-refractivity contribution is 5.69. The zero-order valence-corrected chi connectivity index (χ0v) is 19.1. The molecule has 10 heteroatoms. The van der Waals surface area contributed by atoms with E-state index in [1.54, 1.807) is 31.3 Å². The molecule has 1 aliphatic rings. The Kier molecular flexibility index (Phi) is 5.70. The van der Waals surface area contributed by atoms with Crippen LogP contribution in [0.25, 0.3) is 22.8 Å². The van der Waals surface area contributed by atoms with Gasteiger partial charge in [0.2, 0.25) is 0 Å². The maximum Gasteiger partial charge on any atom is 0.193 e. The molecular formula is C25H23FN8O. The molecule has 0 amide bonds. The summed E-state index contributed by atoms with van der Waals surface area (Å²) in [6, 6.07) is 12.8. The van der Waals surface area contributed by atoms with E-state index in [9.17, 15) is 14.8 Å². The van der Waals surface area contributed by atoms with Crippen molar-refractivity contribution in [1.29, 1.82) is 5.26 Å². The minimum Gasteiger partial charge on any atom is -0.384 e. The van der Waals surface area contributed by atoms with Crippen LogP contribution in [0.5, 0.6) is 0 Å². The Morgan fingerprint density at radius 2 is 1.91 bits per heavy atom. The van der Waals surface area contributed by atoms with E-state index >= 15 is 0 Å². The summed E-state index contributed by atoms with van der Waals surface area (Å²) in [5, 5.41) is 28.4. The highest BCUT2D eigenvalue weighted by Crippen LogP contribution is 2.37. The first-order chi connectivity index (χ1) is 16.9. The van der Waals surface area contributed by atoms with Crippen molar-refractivity contribution in [2.75, 3.05) is 5.73 Å². The standard InChI is InChI=1S/C25H23FN8O/c1-15-16(12-27)6-4-8-18(15)24-30-22(21(26)23(28)31-24)19-14-34(33-32-19)13-17-7-5-9-20(29-17)25(35)10-2-3-11-25/h4-9,14,35H,2-3,10-11,13H2,1H3,(H2,28,30,31). The summed E-state index contributed by atoms with van der Waals surface area (Å²) in [4.78, 5) is 13.1. The van der Waals surface area contributed by atoms with Crippen LogP contribution in [0.2, 0.25) is 0 Å². The van der Waals surface area contributed by atoms with Crippen LogP contribution in [0.1, 0.15) is 48.2 Å². The molecule has 5 rings (SSSR count). The Labute approximate surface area is 201 Å². The molecule has 9 nitrogen and oxygen atoms in total. The van der Waals surface area contributed by atoms with E-state index in [1.165, 1.54) is 4.68 Å². The Bertz CT molecular complexity index is 1450. The number of aliphatic hydroxyl groups is 1. The van der Waals surface area contributed by atoms with E-state index in [0.29, 0.717) is 40.9 Å². The summed E-state index contributed by atoms with van der Waals surface area (Å²) >= 11 is 0. The van der Waals surface area contributed by atoms with Gasteiger partial charge in [-0.25, -0.2) is 19.0 Å². The van der Waals surface area contributed by atoms with E-state index in [1.807, 2.05) is 18.2 Å². The number of rotatable bonds is 5. The van der Waals surface area contributed by atoms with Crippen LogP contribution >= 0.6 is 0 Å². The van der Waals surface area contributed by atoms with Crippen molar-refractivity contribution in [3.8, 4) is 28.8 Å². The number of halogens is 1. The minimum atomic E-state index is -0.886. The van der Waals surface area contributed by atoms with Crippen LogP contribution in [0.4, 0.5) is 10.2 Å². The van der Waals surface area contributed by atoms with E-state index in [4.69, 9.17) is 5.73 Å². The predicted octanol–water partition coefficient (Wildman–Crippen LogP) is 3.51. The summed E-state index contributed by atoms with van der Waals surface area (Å²) in [7, 11) is 0. The number of benzene rings is 1. The fourth-order valence-corrected chi connectivity index (χ4v) is 4.45. The van der Waals surface area contributed by atoms with Crippen LogP contribution in [0, 0.1) is 24.1 Å². The molecule has 35 heavy (non-hydrogen) atoms. The van der Waals surface area contributed by atoms with Gasteiger partial charge in [0.1, 0.15) is 17.0 Å². The lowest BCUT2D eigenvalue weighted by Crippen LogP contribution is -2.23. The number of hydrogen-bond acceptors (Lipinski definition) is 8. The van der Waals surface area contributed by atoms with Gasteiger partial charge in [-0.3, -0.25) is 4.98 Å². The first kappa shape index (κ1) is 22.6. The molecule has 1 aromatic carbocycles. The van der Waals surface area contributed by atoms with Gasteiger partial charge in [0.15, 0.2) is 17.5 Å². The highest BCUT2D eigenvalue weighted by Gasteiger charge is 2.34. The molecule has 0 aliphatic heterocycles. The van der Waals surface area contributed by atoms with Crippen molar-refractivity contribution in [2.24, 2.45) is 0 Å². The lowest BCUT2D eigenvalue weighted by molar-refractivity contribution is 0.0397. The fraction of sp³-hybridized carbons (Fsp3) is 0.280. The van der Waals surface area contributed by atoms with Gasteiger partial charge in [0.25, 0.3) is 0 Å². The molecule has 176 valence electrons. The number of nitrogen functional groups attached to an aromatic ring is 1. The molecule has 0 saturated heterocycles. The predicted molar refractivity (Wildman–Crippen MR) is 126 cm³/mol.